The Morgan fingerprint density at radius 3 is 2.35 bits per heavy atom. The number of rotatable bonds is 6. The van der Waals surface area contributed by atoms with Crippen molar-refractivity contribution >= 4 is 33.0 Å². The number of amides is 1. The second-order valence-electron chi connectivity index (χ2n) is 6.52. The zero-order chi connectivity index (χ0) is 18.4. The van der Waals surface area contributed by atoms with Gasteiger partial charge in [-0.1, -0.05) is 12.8 Å². The largest absolute Gasteiger partial charge is 0.326 e. The van der Waals surface area contributed by atoms with Crippen molar-refractivity contribution in [2.24, 2.45) is 0 Å². The third kappa shape index (κ3) is 4.93. The normalized spacial score (nSPS) is 16.2. The van der Waals surface area contributed by atoms with Crippen LogP contribution < -0.4 is 5.32 Å². The molecule has 140 valence electrons. The van der Waals surface area contributed by atoms with Crippen molar-refractivity contribution in [3.8, 4) is 0 Å². The predicted octanol–water partition coefficient (Wildman–Crippen LogP) is 3.88. The van der Waals surface area contributed by atoms with E-state index in [1.165, 1.54) is 0 Å². The summed E-state index contributed by atoms with van der Waals surface area (Å²) in [5.41, 5.74) is 1.78. The SMILES string of the molecule is O=C(CCc1ccsc1)Nc1ccc(S(=O)(=O)N2CCCCCC2)cc1. The third-order valence-electron chi connectivity index (χ3n) is 4.56. The van der Waals surface area contributed by atoms with Crippen molar-refractivity contribution < 1.29 is 13.2 Å². The van der Waals surface area contributed by atoms with Crippen molar-refractivity contribution in [2.45, 2.75) is 43.4 Å². The van der Waals surface area contributed by atoms with Crippen LogP contribution in [0.3, 0.4) is 0 Å². The van der Waals surface area contributed by atoms with Gasteiger partial charge in [-0.05, 0) is 65.9 Å². The van der Waals surface area contributed by atoms with Crippen LogP contribution in [0.1, 0.15) is 37.7 Å². The molecule has 0 bridgehead atoms. The molecule has 2 heterocycles. The molecule has 1 aromatic carbocycles. The number of hydrogen-bond donors (Lipinski definition) is 1. The Labute approximate surface area is 159 Å². The first kappa shape index (κ1) is 19.1. The first-order valence-electron chi connectivity index (χ1n) is 8.97. The maximum Gasteiger partial charge on any atom is 0.243 e. The molecule has 26 heavy (non-hydrogen) atoms. The summed E-state index contributed by atoms with van der Waals surface area (Å²) in [7, 11) is -3.45. The Morgan fingerprint density at radius 1 is 1.04 bits per heavy atom. The highest BCUT2D eigenvalue weighted by Crippen LogP contribution is 2.22. The summed E-state index contributed by atoms with van der Waals surface area (Å²) in [4.78, 5) is 12.3. The summed E-state index contributed by atoms with van der Waals surface area (Å²) in [6.45, 7) is 1.17. The predicted molar refractivity (Wildman–Crippen MR) is 105 cm³/mol. The Bertz CT molecular complexity index is 807. The Morgan fingerprint density at radius 2 is 1.73 bits per heavy atom. The van der Waals surface area contributed by atoms with Gasteiger partial charge in [0.2, 0.25) is 15.9 Å². The molecule has 1 amide bonds. The van der Waals surface area contributed by atoms with Crippen molar-refractivity contribution in [2.75, 3.05) is 18.4 Å². The van der Waals surface area contributed by atoms with Crippen LogP contribution in [-0.4, -0.2) is 31.7 Å². The van der Waals surface area contributed by atoms with E-state index >= 15 is 0 Å². The lowest BCUT2D eigenvalue weighted by Crippen LogP contribution is -2.31. The van der Waals surface area contributed by atoms with E-state index in [9.17, 15) is 13.2 Å². The van der Waals surface area contributed by atoms with Gasteiger partial charge in [0.05, 0.1) is 4.90 Å². The van der Waals surface area contributed by atoms with E-state index in [0.717, 1.165) is 31.2 Å². The number of hydrogen-bond acceptors (Lipinski definition) is 4. The quantitative estimate of drug-likeness (QED) is 0.811. The maximum atomic E-state index is 12.7. The number of aryl methyl sites for hydroxylation is 1. The van der Waals surface area contributed by atoms with Crippen LogP contribution in [0.25, 0.3) is 0 Å². The molecule has 0 unspecified atom stereocenters. The van der Waals surface area contributed by atoms with Crippen LogP contribution in [0.5, 0.6) is 0 Å². The first-order chi connectivity index (χ1) is 12.6. The maximum absolute atomic E-state index is 12.7. The number of benzene rings is 1. The molecule has 0 radical (unpaired) electrons. The van der Waals surface area contributed by atoms with E-state index in [4.69, 9.17) is 0 Å². The lowest BCUT2D eigenvalue weighted by Gasteiger charge is -2.20. The minimum Gasteiger partial charge on any atom is -0.326 e. The van der Waals surface area contributed by atoms with Crippen LogP contribution >= 0.6 is 11.3 Å². The standard InChI is InChI=1S/C19H24N2O3S2/c22-19(10-5-16-11-14-25-15-16)20-17-6-8-18(9-7-17)26(23,24)21-12-3-1-2-4-13-21/h6-9,11,14-15H,1-5,10,12-13H2,(H,20,22). The van der Waals surface area contributed by atoms with Crippen molar-refractivity contribution in [1.29, 1.82) is 0 Å². The summed E-state index contributed by atoms with van der Waals surface area (Å²) in [6.07, 6.45) is 5.11. The molecule has 2 aromatic rings. The van der Waals surface area contributed by atoms with Gasteiger partial charge in [-0.25, -0.2) is 8.42 Å². The molecule has 1 N–H and O–H groups in total. The fourth-order valence-electron chi connectivity index (χ4n) is 3.06. The molecule has 0 atom stereocenters. The summed E-state index contributed by atoms with van der Waals surface area (Å²) in [5.74, 6) is -0.0701. The zero-order valence-corrected chi connectivity index (χ0v) is 16.3. The molecule has 1 aromatic heterocycles. The van der Waals surface area contributed by atoms with Crippen molar-refractivity contribution in [3.63, 3.8) is 0 Å². The summed E-state index contributed by atoms with van der Waals surface area (Å²) in [5, 5.41) is 6.86. The monoisotopic (exact) mass is 392 g/mol. The smallest absolute Gasteiger partial charge is 0.243 e. The number of sulfonamides is 1. The van der Waals surface area contributed by atoms with Crippen molar-refractivity contribution in [3.05, 3.63) is 46.7 Å². The number of nitrogens with one attached hydrogen (secondary N) is 1. The molecule has 0 saturated carbocycles. The third-order valence-corrected chi connectivity index (χ3v) is 7.21. The van der Waals surface area contributed by atoms with Gasteiger partial charge in [0, 0.05) is 25.2 Å². The molecule has 0 aliphatic carbocycles. The summed E-state index contributed by atoms with van der Waals surface area (Å²) < 4.78 is 27.1. The Kier molecular flexibility index (Phi) is 6.45. The fourth-order valence-corrected chi connectivity index (χ4v) is 5.28. The van der Waals surface area contributed by atoms with Gasteiger partial charge >= 0.3 is 0 Å². The molecule has 3 rings (SSSR count). The van der Waals surface area contributed by atoms with Gasteiger partial charge in [0.15, 0.2) is 0 Å². The molecule has 0 spiro atoms. The van der Waals surface area contributed by atoms with Crippen LogP contribution in [-0.2, 0) is 21.2 Å². The van der Waals surface area contributed by atoms with E-state index in [2.05, 4.69) is 5.32 Å². The number of carbonyl (C=O) groups excluding carboxylic acids is 1. The highest BCUT2D eigenvalue weighted by molar-refractivity contribution is 7.89. The van der Waals surface area contributed by atoms with Crippen LogP contribution in [0, 0.1) is 0 Å². The lowest BCUT2D eigenvalue weighted by molar-refractivity contribution is -0.116. The van der Waals surface area contributed by atoms with E-state index in [1.807, 2.05) is 16.8 Å². The number of thiophene rings is 1. The minimum atomic E-state index is -3.45. The van der Waals surface area contributed by atoms with Gasteiger partial charge in [-0.15, -0.1) is 0 Å². The molecule has 1 aliphatic rings. The summed E-state index contributed by atoms with van der Waals surface area (Å²) >= 11 is 1.62. The van der Waals surface area contributed by atoms with Crippen LogP contribution in [0.15, 0.2) is 46.0 Å². The average Bonchev–Trinajstić information content (AvgIpc) is 3.00. The first-order valence-corrected chi connectivity index (χ1v) is 11.4. The number of nitrogens with zero attached hydrogens (tertiary/aromatic N) is 1. The minimum absolute atomic E-state index is 0.0701. The van der Waals surface area contributed by atoms with Gasteiger partial charge in [0.1, 0.15) is 0 Å². The summed E-state index contributed by atoms with van der Waals surface area (Å²) in [6, 6.07) is 8.49. The molecule has 1 fully saturated rings. The lowest BCUT2D eigenvalue weighted by atomic mass is 10.2. The number of anilines is 1. The highest BCUT2D eigenvalue weighted by atomic mass is 32.2. The zero-order valence-electron chi connectivity index (χ0n) is 14.7. The second-order valence-corrected chi connectivity index (χ2v) is 9.24. The highest BCUT2D eigenvalue weighted by Gasteiger charge is 2.24. The van der Waals surface area contributed by atoms with Gasteiger partial charge in [0.25, 0.3) is 0 Å². The van der Waals surface area contributed by atoms with Crippen LogP contribution in [0.4, 0.5) is 5.69 Å². The second kappa shape index (κ2) is 8.79. The van der Waals surface area contributed by atoms with E-state index in [0.29, 0.717) is 31.6 Å². The van der Waals surface area contributed by atoms with Gasteiger partial charge < -0.3 is 5.32 Å². The molecule has 1 aliphatic heterocycles. The van der Waals surface area contributed by atoms with Crippen LogP contribution in [0.2, 0.25) is 0 Å². The van der Waals surface area contributed by atoms with E-state index < -0.39 is 10.0 Å². The molecule has 5 nitrogen and oxygen atoms in total. The van der Waals surface area contributed by atoms with Crippen molar-refractivity contribution in [1.82, 2.24) is 4.31 Å². The van der Waals surface area contributed by atoms with E-state index in [-0.39, 0.29) is 10.8 Å². The van der Waals surface area contributed by atoms with E-state index in [1.54, 1.807) is 39.9 Å². The topological polar surface area (TPSA) is 66.5 Å². The fraction of sp³-hybridized carbons (Fsp3) is 0.421. The Hall–Kier alpha value is -1.70. The molecule has 1 saturated heterocycles. The molecule has 7 heteroatoms. The molecular formula is C19H24N2O3S2. The molecular weight excluding hydrogens is 368 g/mol. The van der Waals surface area contributed by atoms with Gasteiger partial charge in [-0.3, -0.25) is 4.79 Å². The number of carbonyl (C=O) groups is 1. The Balaban J connectivity index is 1.59. The average molecular weight is 393 g/mol. The van der Waals surface area contributed by atoms with Gasteiger partial charge in [-0.2, -0.15) is 15.6 Å².